The highest BCUT2D eigenvalue weighted by atomic mass is 16.1. The van der Waals surface area contributed by atoms with Crippen molar-refractivity contribution in [2.75, 3.05) is 16.8 Å². The third-order valence-electron chi connectivity index (χ3n) is 4.75. The van der Waals surface area contributed by atoms with E-state index >= 15 is 0 Å². The smallest absolute Gasteiger partial charge is 0.240 e. The van der Waals surface area contributed by atoms with Crippen LogP contribution in [0.15, 0.2) is 36.9 Å². The summed E-state index contributed by atoms with van der Waals surface area (Å²) < 4.78 is 1.67. The topological polar surface area (TPSA) is 139 Å². The second kappa shape index (κ2) is 7.55. The number of aromatic nitrogens is 5. The van der Waals surface area contributed by atoms with Crippen molar-refractivity contribution in [3.63, 3.8) is 0 Å². The molecule has 1 fully saturated rings. The van der Waals surface area contributed by atoms with E-state index in [9.17, 15) is 10.1 Å². The molecule has 10 heteroatoms. The number of primary amides is 1. The van der Waals surface area contributed by atoms with Crippen LogP contribution in [0.4, 0.5) is 17.5 Å². The molecule has 0 aliphatic carbocycles. The summed E-state index contributed by atoms with van der Waals surface area (Å²) in [5.74, 6) is 0.478. The van der Waals surface area contributed by atoms with E-state index in [2.05, 4.69) is 31.4 Å². The van der Waals surface area contributed by atoms with E-state index in [-0.39, 0.29) is 0 Å². The molecule has 0 saturated carbocycles. The third-order valence-corrected chi connectivity index (χ3v) is 4.75. The van der Waals surface area contributed by atoms with Gasteiger partial charge >= 0.3 is 0 Å². The average Bonchev–Trinajstić information content (AvgIpc) is 3.37. The molecule has 3 aromatic rings. The van der Waals surface area contributed by atoms with Crippen LogP contribution in [0, 0.1) is 11.3 Å². The maximum atomic E-state index is 11.7. The summed E-state index contributed by atoms with van der Waals surface area (Å²) in [4.78, 5) is 26.7. The van der Waals surface area contributed by atoms with Crippen LogP contribution < -0.4 is 16.0 Å². The summed E-state index contributed by atoms with van der Waals surface area (Å²) in [6.07, 6.45) is 8.25. The molecule has 3 aromatic heterocycles. The Bertz CT molecular complexity index is 1100. The van der Waals surface area contributed by atoms with Gasteiger partial charge < -0.3 is 16.0 Å². The number of nitrogens with one attached hydrogen (secondary N) is 1. The van der Waals surface area contributed by atoms with Crippen LogP contribution in [0.3, 0.4) is 0 Å². The van der Waals surface area contributed by atoms with Gasteiger partial charge in [-0.1, -0.05) is 0 Å². The number of amides is 1. The van der Waals surface area contributed by atoms with E-state index < -0.39 is 11.9 Å². The lowest BCUT2D eigenvalue weighted by Crippen LogP contribution is -2.41. The minimum atomic E-state index is -0.435. The number of anilines is 3. The molecular weight excluding hydrogens is 370 g/mol. The molecule has 0 bridgehead atoms. The minimum absolute atomic E-state index is 0.371. The maximum absolute atomic E-state index is 11.7. The fourth-order valence-electron chi connectivity index (χ4n) is 3.42. The van der Waals surface area contributed by atoms with Crippen molar-refractivity contribution in [2.24, 2.45) is 12.8 Å². The SMILES string of the molecule is Cn1cc(Nc2nccc(-c3cnc(N4CCC[C@@H]4C(N)=O)c(C#N)c3)n2)cn1. The van der Waals surface area contributed by atoms with E-state index in [4.69, 9.17) is 5.73 Å². The molecular formula is C19H19N9O. The number of hydrogen-bond donors (Lipinski definition) is 2. The zero-order chi connectivity index (χ0) is 20.4. The van der Waals surface area contributed by atoms with Gasteiger partial charge in [0.15, 0.2) is 0 Å². The van der Waals surface area contributed by atoms with E-state index in [1.807, 2.05) is 13.2 Å². The molecule has 3 N–H and O–H groups in total. The first-order chi connectivity index (χ1) is 14.0. The second-order valence-corrected chi connectivity index (χ2v) is 6.75. The summed E-state index contributed by atoms with van der Waals surface area (Å²) in [5, 5.41) is 16.8. The van der Waals surface area contributed by atoms with Crippen LogP contribution >= 0.6 is 0 Å². The fourth-order valence-corrected chi connectivity index (χ4v) is 3.42. The Hall–Kier alpha value is -4.00. The molecule has 10 nitrogen and oxygen atoms in total. The van der Waals surface area contributed by atoms with E-state index in [0.29, 0.717) is 41.6 Å². The predicted octanol–water partition coefficient (Wildman–Crippen LogP) is 1.34. The molecule has 146 valence electrons. The zero-order valence-corrected chi connectivity index (χ0v) is 15.8. The summed E-state index contributed by atoms with van der Waals surface area (Å²) >= 11 is 0. The van der Waals surface area contributed by atoms with Crippen molar-refractivity contribution in [3.05, 3.63) is 42.5 Å². The van der Waals surface area contributed by atoms with Crippen molar-refractivity contribution >= 4 is 23.4 Å². The van der Waals surface area contributed by atoms with E-state index in [1.165, 1.54) is 0 Å². The van der Waals surface area contributed by atoms with Gasteiger partial charge in [0.1, 0.15) is 17.9 Å². The lowest BCUT2D eigenvalue weighted by atomic mass is 10.1. The Morgan fingerprint density at radius 2 is 2.24 bits per heavy atom. The van der Waals surface area contributed by atoms with Crippen LogP contribution in [0.1, 0.15) is 18.4 Å². The lowest BCUT2D eigenvalue weighted by Gasteiger charge is -2.24. The number of nitrogens with two attached hydrogens (primary N) is 1. The zero-order valence-electron chi connectivity index (χ0n) is 15.8. The summed E-state index contributed by atoms with van der Waals surface area (Å²) in [7, 11) is 1.82. The molecule has 1 saturated heterocycles. The summed E-state index contributed by atoms with van der Waals surface area (Å²) in [6.45, 7) is 0.640. The average molecular weight is 389 g/mol. The van der Waals surface area contributed by atoms with Gasteiger partial charge in [0.25, 0.3) is 0 Å². The van der Waals surface area contributed by atoms with E-state index in [1.54, 1.807) is 40.3 Å². The van der Waals surface area contributed by atoms with E-state index in [0.717, 1.165) is 12.1 Å². The highest BCUT2D eigenvalue weighted by Gasteiger charge is 2.31. The van der Waals surface area contributed by atoms with Gasteiger partial charge in [0.2, 0.25) is 11.9 Å². The number of nitrogens with zero attached hydrogens (tertiary/aromatic N) is 7. The van der Waals surface area contributed by atoms with Gasteiger partial charge in [0, 0.05) is 37.7 Å². The first-order valence-electron chi connectivity index (χ1n) is 9.10. The lowest BCUT2D eigenvalue weighted by molar-refractivity contribution is -0.119. The van der Waals surface area contributed by atoms with Crippen LogP contribution in [0.5, 0.6) is 0 Å². The molecule has 1 aliphatic heterocycles. The number of pyridine rings is 1. The monoisotopic (exact) mass is 389 g/mol. The standard InChI is InChI=1S/C19H19N9O/c1-27-11-14(10-24-27)25-19-22-5-4-15(26-19)13-7-12(8-20)18(23-9-13)28-6-2-3-16(28)17(21)29/h4-5,7,9-11,16H,2-3,6H2,1H3,(H2,21,29)(H,22,25,26)/t16-/m1/s1. The molecule has 0 spiro atoms. The van der Waals surface area contributed by atoms with Gasteiger partial charge in [-0.25, -0.2) is 15.0 Å². The number of hydrogen-bond acceptors (Lipinski definition) is 8. The summed E-state index contributed by atoms with van der Waals surface area (Å²) in [5.41, 5.74) is 7.93. The second-order valence-electron chi connectivity index (χ2n) is 6.75. The number of aryl methyl sites for hydroxylation is 1. The van der Waals surface area contributed by atoms with Crippen molar-refractivity contribution in [1.82, 2.24) is 24.7 Å². The van der Waals surface area contributed by atoms with Crippen LogP contribution in [-0.4, -0.2) is 43.2 Å². The molecule has 29 heavy (non-hydrogen) atoms. The first kappa shape index (κ1) is 18.4. The summed E-state index contributed by atoms with van der Waals surface area (Å²) in [6, 6.07) is 5.20. The van der Waals surface area contributed by atoms with Crippen molar-refractivity contribution in [2.45, 2.75) is 18.9 Å². The molecule has 0 unspecified atom stereocenters. The number of carbonyl (C=O) groups is 1. The third kappa shape index (κ3) is 3.70. The number of nitriles is 1. The molecule has 4 rings (SSSR count). The van der Waals surface area contributed by atoms with Gasteiger partial charge in [-0.3, -0.25) is 9.48 Å². The van der Waals surface area contributed by atoms with Crippen LogP contribution in [0.25, 0.3) is 11.3 Å². The maximum Gasteiger partial charge on any atom is 0.240 e. The Balaban J connectivity index is 1.63. The highest BCUT2D eigenvalue weighted by Crippen LogP contribution is 2.29. The Morgan fingerprint density at radius 1 is 1.38 bits per heavy atom. The largest absolute Gasteiger partial charge is 0.368 e. The van der Waals surface area contributed by atoms with Crippen molar-refractivity contribution in [1.29, 1.82) is 5.26 Å². The number of carbonyl (C=O) groups excluding carboxylic acids is 1. The van der Waals surface area contributed by atoms with Crippen LogP contribution in [0.2, 0.25) is 0 Å². The Morgan fingerprint density at radius 3 is 2.97 bits per heavy atom. The normalized spacial score (nSPS) is 15.9. The Labute approximate surface area is 167 Å². The molecule has 0 aromatic carbocycles. The van der Waals surface area contributed by atoms with Crippen LogP contribution in [-0.2, 0) is 11.8 Å². The Kier molecular flexibility index (Phi) is 4.78. The van der Waals surface area contributed by atoms with Gasteiger partial charge in [-0.15, -0.1) is 0 Å². The minimum Gasteiger partial charge on any atom is -0.368 e. The molecule has 1 amide bonds. The van der Waals surface area contributed by atoms with Crippen molar-refractivity contribution in [3.8, 4) is 17.3 Å². The van der Waals surface area contributed by atoms with Gasteiger partial charge in [-0.2, -0.15) is 10.4 Å². The van der Waals surface area contributed by atoms with Gasteiger partial charge in [0.05, 0.1) is 23.1 Å². The number of rotatable bonds is 5. The van der Waals surface area contributed by atoms with Gasteiger partial charge in [-0.05, 0) is 25.0 Å². The fraction of sp³-hybridized carbons (Fsp3) is 0.263. The molecule has 1 atom stereocenters. The highest BCUT2D eigenvalue weighted by molar-refractivity contribution is 5.84. The molecule has 4 heterocycles. The quantitative estimate of drug-likeness (QED) is 0.666. The first-order valence-corrected chi connectivity index (χ1v) is 9.10. The van der Waals surface area contributed by atoms with Crippen molar-refractivity contribution < 1.29 is 4.79 Å². The predicted molar refractivity (Wildman–Crippen MR) is 106 cm³/mol. The molecule has 0 radical (unpaired) electrons. The molecule has 1 aliphatic rings.